The van der Waals surface area contributed by atoms with Crippen LogP contribution >= 0.6 is 10.0 Å². The summed E-state index contributed by atoms with van der Waals surface area (Å²) >= 11 is 0. The van der Waals surface area contributed by atoms with Gasteiger partial charge in [-0.25, -0.2) is 24.2 Å². The molecule has 0 saturated carbocycles. The summed E-state index contributed by atoms with van der Waals surface area (Å²) in [6.07, 6.45) is 9.18. The largest absolute Gasteiger partial charge is 0.478 e. The molecule has 7 heteroatoms. The Morgan fingerprint density at radius 3 is 2.81 bits per heavy atom. The Labute approximate surface area is 124 Å². The molecular formula is C14H19FN2O3S. The molecule has 0 bridgehead atoms. The molecule has 0 aliphatic heterocycles. The van der Waals surface area contributed by atoms with Crippen molar-refractivity contribution >= 4 is 27.0 Å². The topological polar surface area (TPSA) is 64.3 Å². The van der Waals surface area contributed by atoms with Gasteiger partial charge in [0.25, 0.3) is 0 Å². The van der Waals surface area contributed by atoms with Gasteiger partial charge >= 0.3 is 5.97 Å². The highest BCUT2D eigenvalue weighted by molar-refractivity contribution is 8.32. The van der Waals surface area contributed by atoms with E-state index in [-0.39, 0.29) is 23.3 Å². The minimum Gasteiger partial charge on any atom is -0.478 e. The molecule has 2 rings (SSSR count). The molecule has 2 aromatic rings. The number of hydrogen-bond donors (Lipinski definition) is 1. The molecule has 0 unspecified atom stereocenters. The van der Waals surface area contributed by atoms with Crippen molar-refractivity contribution < 1.29 is 19.0 Å². The minimum atomic E-state index is -1.17. The van der Waals surface area contributed by atoms with E-state index in [0.29, 0.717) is 6.61 Å². The molecule has 5 nitrogen and oxygen atoms in total. The first kappa shape index (κ1) is 15.8. The highest BCUT2D eigenvalue weighted by atomic mass is 32.3. The summed E-state index contributed by atoms with van der Waals surface area (Å²) < 4.78 is 21.0. The SMILES string of the molecule is CS(C)(C)CCOCn1cc(F)c2c(C(=O)O)ccnc21. The fraction of sp³-hybridized carbons (Fsp3) is 0.429. The van der Waals surface area contributed by atoms with Gasteiger partial charge in [-0.3, -0.25) is 0 Å². The van der Waals surface area contributed by atoms with Crippen molar-refractivity contribution in [2.45, 2.75) is 6.73 Å². The Kier molecular flexibility index (Phi) is 4.53. The number of carboxylic acid groups (broad SMARTS) is 1. The number of pyridine rings is 1. The standard InChI is InChI=1S/C14H19FN2O3S/c1-21(2,3)7-6-20-9-17-8-11(15)12-10(14(18)19)4-5-16-13(12)17/h4-5,8H,6-7,9H2,1-3H3,(H,18,19). The van der Waals surface area contributed by atoms with Crippen LogP contribution in [0, 0.1) is 5.82 Å². The Morgan fingerprint density at radius 2 is 2.19 bits per heavy atom. The fourth-order valence-corrected chi connectivity index (χ4v) is 2.53. The van der Waals surface area contributed by atoms with E-state index in [4.69, 9.17) is 9.84 Å². The van der Waals surface area contributed by atoms with Crippen LogP contribution in [0.5, 0.6) is 0 Å². The molecule has 1 N–H and O–H groups in total. The van der Waals surface area contributed by atoms with Crippen LogP contribution in [0.15, 0.2) is 18.5 Å². The molecule has 0 aliphatic carbocycles. The maximum Gasteiger partial charge on any atom is 0.336 e. The summed E-state index contributed by atoms with van der Waals surface area (Å²) in [4.78, 5) is 15.2. The van der Waals surface area contributed by atoms with E-state index in [0.717, 1.165) is 5.75 Å². The van der Waals surface area contributed by atoms with Gasteiger partial charge in [0.1, 0.15) is 12.4 Å². The first-order valence-electron chi connectivity index (χ1n) is 6.40. The van der Waals surface area contributed by atoms with Gasteiger partial charge in [-0.05, 0) is 24.8 Å². The monoisotopic (exact) mass is 314 g/mol. The third-order valence-electron chi connectivity index (χ3n) is 3.01. The lowest BCUT2D eigenvalue weighted by Gasteiger charge is -2.24. The Morgan fingerprint density at radius 1 is 1.48 bits per heavy atom. The Hall–Kier alpha value is -1.60. The molecule has 2 aromatic heterocycles. The van der Waals surface area contributed by atoms with Crippen molar-refractivity contribution in [3.05, 3.63) is 29.8 Å². The summed E-state index contributed by atoms with van der Waals surface area (Å²) in [6, 6.07) is 1.29. The normalized spacial score (nSPS) is 12.8. The van der Waals surface area contributed by atoms with E-state index in [1.807, 2.05) is 0 Å². The van der Waals surface area contributed by atoms with Crippen LogP contribution in [0.3, 0.4) is 0 Å². The molecule has 0 fully saturated rings. The van der Waals surface area contributed by atoms with Crippen LogP contribution in [0.2, 0.25) is 0 Å². The zero-order valence-electron chi connectivity index (χ0n) is 12.3. The third-order valence-corrected chi connectivity index (χ3v) is 4.40. The zero-order valence-corrected chi connectivity index (χ0v) is 13.1. The molecule has 0 spiro atoms. The first-order chi connectivity index (χ1) is 9.79. The number of ether oxygens (including phenoxy) is 1. The lowest BCUT2D eigenvalue weighted by Crippen LogP contribution is -2.10. The Balaban J connectivity index is 2.18. The highest BCUT2D eigenvalue weighted by Crippen LogP contribution is 2.33. The number of hydrogen-bond acceptors (Lipinski definition) is 3. The van der Waals surface area contributed by atoms with E-state index in [1.54, 1.807) is 0 Å². The van der Waals surface area contributed by atoms with Gasteiger partial charge in [0.05, 0.1) is 17.6 Å². The number of carbonyl (C=O) groups is 1. The second-order valence-electron chi connectivity index (χ2n) is 5.64. The van der Waals surface area contributed by atoms with Gasteiger partial charge in [-0.15, -0.1) is 0 Å². The van der Waals surface area contributed by atoms with Crippen molar-refractivity contribution in [1.29, 1.82) is 0 Å². The summed E-state index contributed by atoms with van der Waals surface area (Å²) in [6.45, 7) is 0.741. The molecule has 0 aliphatic rings. The van der Waals surface area contributed by atoms with Crippen LogP contribution in [0.4, 0.5) is 4.39 Å². The molecule has 21 heavy (non-hydrogen) atoms. The van der Waals surface area contributed by atoms with E-state index in [1.165, 1.54) is 23.0 Å². The predicted octanol–water partition coefficient (Wildman–Crippen LogP) is 2.54. The van der Waals surface area contributed by atoms with Crippen LogP contribution < -0.4 is 0 Å². The van der Waals surface area contributed by atoms with E-state index in [9.17, 15) is 9.18 Å². The van der Waals surface area contributed by atoms with E-state index < -0.39 is 21.8 Å². The molecular weight excluding hydrogens is 295 g/mol. The van der Waals surface area contributed by atoms with E-state index in [2.05, 4.69) is 23.8 Å². The number of carboxylic acids is 1. The highest BCUT2D eigenvalue weighted by Gasteiger charge is 2.17. The summed E-state index contributed by atoms with van der Waals surface area (Å²) in [5, 5.41) is 9.11. The quantitative estimate of drug-likeness (QED) is 0.832. The molecule has 0 aromatic carbocycles. The summed E-state index contributed by atoms with van der Waals surface area (Å²) in [5.74, 6) is -0.806. The second-order valence-corrected chi connectivity index (χ2v) is 10.2. The smallest absolute Gasteiger partial charge is 0.336 e. The van der Waals surface area contributed by atoms with Gasteiger partial charge in [0.2, 0.25) is 0 Å². The van der Waals surface area contributed by atoms with Crippen LogP contribution in [-0.4, -0.2) is 51.8 Å². The number of aromatic carboxylic acids is 1. The molecule has 0 radical (unpaired) electrons. The van der Waals surface area contributed by atoms with Gasteiger partial charge < -0.3 is 14.4 Å². The third kappa shape index (κ3) is 3.74. The number of halogens is 1. The summed E-state index contributed by atoms with van der Waals surface area (Å²) in [5.41, 5.74) is 0.200. The second kappa shape index (κ2) is 6.03. The van der Waals surface area contributed by atoms with Crippen LogP contribution in [-0.2, 0) is 11.5 Å². The van der Waals surface area contributed by atoms with Crippen molar-refractivity contribution in [2.24, 2.45) is 0 Å². The van der Waals surface area contributed by atoms with Gasteiger partial charge in [-0.1, -0.05) is 0 Å². The fourth-order valence-electron chi connectivity index (χ4n) is 1.91. The van der Waals surface area contributed by atoms with Gasteiger partial charge in [0, 0.05) is 18.1 Å². The average Bonchev–Trinajstić information content (AvgIpc) is 2.71. The van der Waals surface area contributed by atoms with Crippen LogP contribution in [0.1, 0.15) is 10.4 Å². The van der Waals surface area contributed by atoms with Crippen molar-refractivity contribution in [3.63, 3.8) is 0 Å². The predicted molar refractivity (Wildman–Crippen MR) is 82.8 cm³/mol. The number of fused-ring (bicyclic) bond motifs is 1. The number of rotatable bonds is 6. The summed E-state index contributed by atoms with van der Waals surface area (Å²) in [7, 11) is -0.635. The van der Waals surface area contributed by atoms with Crippen molar-refractivity contribution in [2.75, 3.05) is 31.1 Å². The maximum absolute atomic E-state index is 14.0. The number of aromatic nitrogens is 2. The van der Waals surface area contributed by atoms with Crippen molar-refractivity contribution in [3.8, 4) is 0 Å². The molecule has 2 heterocycles. The van der Waals surface area contributed by atoms with Gasteiger partial charge in [-0.2, -0.15) is 0 Å². The number of nitrogens with zero attached hydrogens (tertiary/aromatic N) is 2. The molecule has 0 atom stereocenters. The van der Waals surface area contributed by atoms with Crippen LogP contribution in [0.25, 0.3) is 11.0 Å². The van der Waals surface area contributed by atoms with Crippen molar-refractivity contribution in [1.82, 2.24) is 9.55 Å². The lowest BCUT2D eigenvalue weighted by atomic mass is 10.2. The molecule has 0 saturated heterocycles. The lowest BCUT2D eigenvalue weighted by molar-refractivity contribution is 0.0698. The Bertz CT molecular complexity index is 664. The zero-order chi connectivity index (χ0) is 15.6. The maximum atomic E-state index is 14.0. The van der Waals surface area contributed by atoms with E-state index >= 15 is 0 Å². The van der Waals surface area contributed by atoms with Gasteiger partial charge in [0.15, 0.2) is 5.82 Å². The molecule has 0 amide bonds. The minimum absolute atomic E-state index is 0.0232. The molecule has 116 valence electrons. The average molecular weight is 314 g/mol. The first-order valence-corrected chi connectivity index (χ1v) is 9.42.